The van der Waals surface area contributed by atoms with E-state index in [1.165, 1.54) is 0 Å². The normalized spacial score (nSPS) is 10.9. The third-order valence-corrected chi connectivity index (χ3v) is 6.30. The SMILES string of the molecule is CNc1ccc(-c2cc(C(=O)NCc3c(C)cc(C)[nH]c3=O)c(C)c(-c3c(C)cnn3C)c2)cn1. The molecule has 8 heteroatoms. The number of aromatic nitrogens is 4. The molecule has 3 heterocycles. The molecule has 180 valence electrons. The van der Waals surface area contributed by atoms with Crippen LogP contribution in [0.5, 0.6) is 0 Å². The van der Waals surface area contributed by atoms with Crippen molar-refractivity contribution >= 4 is 11.7 Å². The first-order valence-corrected chi connectivity index (χ1v) is 11.4. The quantitative estimate of drug-likeness (QED) is 0.394. The number of hydrogen-bond acceptors (Lipinski definition) is 5. The lowest BCUT2D eigenvalue weighted by atomic mass is 9.92. The molecule has 3 aromatic heterocycles. The van der Waals surface area contributed by atoms with E-state index in [-0.39, 0.29) is 18.0 Å². The summed E-state index contributed by atoms with van der Waals surface area (Å²) in [5, 5.41) is 10.4. The molecule has 0 saturated heterocycles. The smallest absolute Gasteiger partial charge is 0.253 e. The van der Waals surface area contributed by atoms with Crippen molar-refractivity contribution in [3.05, 3.63) is 86.6 Å². The number of amides is 1. The van der Waals surface area contributed by atoms with Gasteiger partial charge in [-0.25, -0.2) is 4.98 Å². The number of carbonyl (C=O) groups excluding carboxylic acids is 1. The highest BCUT2D eigenvalue weighted by molar-refractivity contribution is 5.99. The molecule has 0 radical (unpaired) electrons. The summed E-state index contributed by atoms with van der Waals surface area (Å²) in [7, 11) is 3.71. The van der Waals surface area contributed by atoms with Crippen molar-refractivity contribution in [3.63, 3.8) is 0 Å². The number of aryl methyl sites for hydroxylation is 4. The van der Waals surface area contributed by atoms with Crippen molar-refractivity contribution in [3.8, 4) is 22.4 Å². The maximum Gasteiger partial charge on any atom is 0.253 e. The van der Waals surface area contributed by atoms with Crippen LogP contribution in [0.3, 0.4) is 0 Å². The van der Waals surface area contributed by atoms with Crippen LogP contribution in [0.25, 0.3) is 22.4 Å². The Morgan fingerprint density at radius 2 is 1.80 bits per heavy atom. The Kier molecular flexibility index (Phi) is 6.55. The van der Waals surface area contributed by atoms with Gasteiger partial charge in [-0.1, -0.05) is 0 Å². The molecule has 0 spiro atoms. The fraction of sp³-hybridized carbons (Fsp3) is 0.259. The molecule has 0 atom stereocenters. The molecule has 4 aromatic rings. The van der Waals surface area contributed by atoms with E-state index in [2.05, 4.69) is 31.8 Å². The van der Waals surface area contributed by atoms with Crippen molar-refractivity contribution in [2.24, 2.45) is 7.05 Å². The van der Waals surface area contributed by atoms with Crippen molar-refractivity contribution in [1.82, 2.24) is 25.1 Å². The van der Waals surface area contributed by atoms with E-state index in [1.54, 1.807) is 6.20 Å². The highest BCUT2D eigenvalue weighted by Gasteiger charge is 2.19. The van der Waals surface area contributed by atoms with Gasteiger partial charge in [-0.05, 0) is 80.3 Å². The van der Waals surface area contributed by atoms with Crippen LogP contribution < -0.4 is 16.2 Å². The predicted molar refractivity (Wildman–Crippen MR) is 139 cm³/mol. The van der Waals surface area contributed by atoms with Crippen LogP contribution in [0, 0.1) is 27.7 Å². The molecule has 3 N–H and O–H groups in total. The Morgan fingerprint density at radius 1 is 1.03 bits per heavy atom. The molecule has 1 aromatic carbocycles. The highest BCUT2D eigenvalue weighted by atomic mass is 16.1. The minimum absolute atomic E-state index is 0.141. The van der Waals surface area contributed by atoms with Crippen molar-refractivity contribution in [2.45, 2.75) is 34.2 Å². The second kappa shape index (κ2) is 9.58. The minimum Gasteiger partial charge on any atom is -0.373 e. The summed E-state index contributed by atoms with van der Waals surface area (Å²) in [5.74, 6) is 0.518. The number of nitrogens with one attached hydrogen (secondary N) is 3. The number of H-pyrrole nitrogens is 1. The second-order valence-electron chi connectivity index (χ2n) is 8.80. The zero-order chi connectivity index (χ0) is 25.3. The standard InChI is InChI=1S/C27H30N6O2/c1-15-9-17(3)32-27(35)23(15)14-30-26(34)22-11-20(19-7-8-24(28-5)29-13-19)10-21(18(22)4)25-16(2)12-31-33(25)6/h7-13H,14H2,1-6H3,(H,28,29)(H,30,34)(H,32,35). The lowest BCUT2D eigenvalue weighted by Crippen LogP contribution is -2.28. The first kappa shape index (κ1) is 23.9. The molecule has 0 saturated carbocycles. The van der Waals surface area contributed by atoms with Gasteiger partial charge >= 0.3 is 0 Å². The van der Waals surface area contributed by atoms with E-state index >= 15 is 0 Å². The number of pyridine rings is 2. The average Bonchev–Trinajstić information content (AvgIpc) is 3.16. The van der Waals surface area contributed by atoms with Crippen LogP contribution in [0.15, 0.2) is 47.5 Å². The van der Waals surface area contributed by atoms with E-state index in [1.807, 2.05) is 76.9 Å². The van der Waals surface area contributed by atoms with E-state index in [0.29, 0.717) is 11.1 Å². The van der Waals surface area contributed by atoms with Crippen LogP contribution in [0.4, 0.5) is 5.82 Å². The molecule has 0 aliphatic rings. The van der Waals surface area contributed by atoms with Gasteiger partial charge in [0.25, 0.3) is 11.5 Å². The zero-order valence-corrected chi connectivity index (χ0v) is 20.9. The maximum atomic E-state index is 13.4. The third-order valence-electron chi connectivity index (χ3n) is 6.30. The topological polar surface area (TPSA) is 105 Å². The monoisotopic (exact) mass is 470 g/mol. The Bertz CT molecular complexity index is 1450. The number of carbonyl (C=O) groups is 1. The fourth-order valence-electron chi connectivity index (χ4n) is 4.37. The van der Waals surface area contributed by atoms with Gasteiger partial charge in [0.05, 0.1) is 11.9 Å². The summed E-state index contributed by atoms with van der Waals surface area (Å²) in [6, 6.07) is 9.72. The molecular weight excluding hydrogens is 440 g/mol. The summed E-state index contributed by atoms with van der Waals surface area (Å²) in [5.41, 5.74) is 8.03. The molecule has 0 aliphatic carbocycles. The lowest BCUT2D eigenvalue weighted by molar-refractivity contribution is 0.0950. The average molecular weight is 471 g/mol. The summed E-state index contributed by atoms with van der Waals surface area (Å²) in [6.07, 6.45) is 3.60. The molecule has 0 aliphatic heterocycles. The Labute approximate surface area is 204 Å². The fourth-order valence-corrected chi connectivity index (χ4v) is 4.37. The van der Waals surface area contributed by atoms with Gasteiger partial charge in [-0.3, -0.25) is 14.3 Å². The summed E-state index contributed by atoms with van der Waals surface area (Å²) in [6.45, 7) is 7.80. The van der Waals surface area contributed by atoms with Crippen LogP contribution >= 0.6 is 0 Å². The van der Waals surface area contributed by atoms with Gasteiger partial charge < -0.3 is 15.6 Å². The zero-order valence-electron chi connectivity index (χ0n) is 20.9. The number of rotatable bonds is 6. The van der Waals surface area contributed by atoms with Gasteiger partial charge in [0, 0.05) is 54.8 Å². The Hall–Kier alpha value is -4.20. The van der Waals surface area contributed by atoms with E-state index in [4.69, 9.17) is 0 Å². The first-order valence-electron chi connectivity index (χ1n) is 11.4. The van der Waals surface area contributed by atoms with Gasteiger partial charge in [0.1, 0.15) is 5.82 Å². The Morgan fingerprint density at radius 3 is 2.40 bits per heavy atom. The van der Waals surface area contributed by atoms with Crippen LogP contribution in [0.1, 0.15) is 38.3 Å². The molecular formula is C27H30N6O2. The predicted octanol–water partition coefficient (Wildman–Crippen LogP) is 4.04. The number of nitrogens with zero attached hydrogens (tertiary/aromatic N) is 3. The first-order chi connectivity index (χ1) is 16.7. The van der Waals surface area contributed by atoms with Gasteiger partial charge in [-0.2, -0.15) is 5.10 Å². The number of anilines is 1. The van der Waals surface area contributed by atoms with Crippen molar-refractivity contribution < 1.29 is 4.79 Å². The second-order valence-corrected chi connectivity index (χ2v) is 8.80. The summed E-state index contributed by atoms with van der Waals surface area (Å²) < 4.78 is 1.82. The summed E-state index contributed by atoms with van der Waals surface area (Å²) >= 11 is 0. The number of benzene rings is 1. The highest BCUT2D eigenvalue weighted by Crippen LogP contribution is 2.33. The van der Waals surface area contributed by atoms with Crippen LogP contribution in [-0.4, -0.2) is 32.7 Å². The summed E-state index contributed by atoms with van der Waals surface area (Å²) in [4.78, 5) is 33.1. The number of aromatic amines is 1. The molecule has 8 nitrogen and oxygen atoms in total. The molecule has 4 rings (SSSR count). The molecule has 35 heavy (non-hydrogen) atoms. The molecule has 0 unspecified atom stereocenters. The van der Waals surface area contributed by atoms with Crippen molar-refractivity contribution in [1.29, 1.82) is 0 Å². The van der Waals surface area contributed by atoms with E-state index in [9.17, 15) is 9.59 Å². The maximum absolute atomic E-state index is 13.4. The van der Waals surface area contributed by atoms with E-state index < -0.39 is 0 Å². The van der Waals surface area contributed by atoms with Gasteiger partial charge in [-0.15, -0.1) is 0 Å². The lowest BCUT2D eigenvalue weighted by Gasteiger charge is -2.16. The van der Waals surface area contributed by atoms with E-state index in [0.717, 1.165) is 50.6 Å². The number of hydrogen-bond donors (Lipinski definition) is 3. The van der Waals surface area contributed by atoms with Gasteiger partial charge in [0.2, 0.25) is 0 Å². The third kappa shape index (κ3) is 4.73. The molecule has 0 bridgehead atoms. The largest absolute Gasteiger partial charge is 0.373 e. The minimum atomic E-state index is -0.246. The van der Waals surface area contributed by atoms with Crippen LogP contribution in [-0.2, 0) is 13.6 Å². The Balaban J connectivity index is 1.78. The molecule has 0 fully saturated rings. The van der Waals surface area contributed by atoms with Crippen LogP contribution in [0.2, 0.25) is 0 Å². The van der Waals surface area contributed by atoms with Crippen molar-refractivity contribution in [2.75, 3.05) is 12.4 Å². The molecule has 1 amide bonds. The van der Waals surface area contributed by atoms with Gasteiger partial charge in [0.15, 0.2) is 0 Å².